The Balaban J connectivity index is 2.77. The molecule has 0 bridgehead atoms. The minimum absolute atomic E-state index is 0.546. The molecule has 1 aromatic rings. The topological polar surface area (TPSA) is 35.2 Å². The summed E-state index contributed by atoms with van der Waals surface area (Å²) < 4.78 is 5.66. The summed E-state index contributed by atoms with van der Waals surface area (Å²) >= 11 is 0. The van der Waals surface area contributed by atoms with Crippen LogP contribution in [0.25, 0.3) is 0 Å². The minimum Gasteiger partial charge on any atom is -0.457 e. The summed E-state index contributed by atoms with van der Waals surface area (Å²) in [6.07, 6.45) is 7.32. The minimum atomic E-state index is 0.546. The molecule has 0 saturated heterocycles. The van der Waals surface area contributed by atoms with Crippen molar-refractivity contribution in [3.05, 3.63) is 66.5 Å². The zero-order valence-corrected chi connectivity index (χ0v) is 9.52. The van der Waals surface area contributed by atoms with Crippen LogP contribution < -0.4 is 10.5 Å². The molecule has 0 fully saturated rings. The summed E-state index contributed by atoms with van der Waals surface area (Å²) in [5, 5.41) is 0. The Labute approximate surface area is 96.7 Å². The average molecular weight is 215 g/mol. The molecule has 1 aromatic carbocycles. The molecule has 0 heterocycles. The molecule has 16 heavy (non-hydrogen) atoms. The van der Waals surface area contributed by atoms with Gasteiger partial charge in [-0.05, 0) is 36.8 Å². The maximum Gasteiger partial charge on any atom is 0.127 e. The molecule has 2 heteroatoms. The van der Waals surface area contributed by atoms with E-state index in [1.807, 2.05) is 49.4 Å². The van der Waals surface area contributed by atoms with Crippen LogP contribution in [-0.2, 0) is 6.54 Å². The van der Waals surface area contributed by atoms with E-state index in [0.29, 0.717) is 6.54 Å². The Hall–Kier alpha value is -1.80. The van der Waals surface area contributed by atoms with Crippen molar-refractivity contribution in [3.63, 3.8) is 0 Å². The fraction of sp³-hybridized carbons (Fsp3) is 0.143. The van der Waals surface area contributed by atoms with Gasteiger partial charge in [-0.2, -0.15) is 0 Å². The summed E-state index contributed by atoms with van der Waals surface area (Å²) in [6, 6.07) is 7.72. The lowest BCUT2D eigenvalue weighted by molar-refractivity contribution is 0.444. The largest absolute Gasteiger partial charge is 0.457 e. The molecule has 0 atom stereocenters. The van der Waals surface area contributed by atoms with Gasteiger partial charge in [-0.3, -0.25) is 0 Å². The van der Waals surface area contributed by atoms with Gasteiger partial charge in [0.2, 0.25) is 0 Å². The monoisotopic (exact) mass is 215 g/mol. The number of nitrogens with two attached hydrogens (primary N) is 1. The maximum absolute atomic E-state index is 5.66. The number of rotatable bonds is 5. The number of hydrogen-bond acceptors (Lipinski definition) is 2. The van der Waals surface area contributed by atoms with Gasteiger partial charge in [-0.15, -0.1) is 0 Å². The van der Waals surface area contributed by atoms with Crippen LogP contribution in [0.1, 0.15) is 12.5 Å². The van der Waals surface area contributed by atoms with E-state index in [9.17, 15) is 0 Å². The molecule has 1 rings (SSSR count). The fourth-order valence-electron chi connectivity index (χ4n) is 1.23. The summed E-state index contributed by atoms with van der Waals surface area (Å²) in [7, 11) is 0. The molecular weight excluding hydrogens is 198 g/mol. The molecule has 0 aromatic heterocycles. The second kappa shape index (κ2) is 6.64. The zero-order chi connectivity index (χ0) is 11.8. The number of benzene rings is 1. The van der Waals surface area contributed by atoms with Crippen LogP contribution in [0.4, 0.5) is 0 Å². The molecule has 0 aliphatic rings. The fourth-order valence-corrected chi connectivity index (χ4v) is 1.23. The molecule has 84 valence electrons. The van der Waals surface area contributed by atoms with Gasteiger partial charge in [0.15, 0.2) is 0 Å². The number of ether oxygens (including phenoxy) is 1. The first-order valence-corrected chi connectivity index (χ1v) is 5.22. The van der Waals surface area contributed by atoms with Crippen molar-refractivity contribution in [3.8, 4) is 5.75 Å². The summed E-state index contributed by atoms with van der Waals surface area (Å²) in [4.78, 5) is 0. The maximum atomic E-state index is 5.66. The van der Waals surface area contributed by atoms with Gasteiger partial charge in [0.05, 0.1) is 0 Å². The van der Waals surface area contributed by atoms with Crippen molar-refractivity contribution in [2.75, 3.05) is 0 Å². The number of allylic oxidation sites excluding steroid dienone is 4. The van der Waals surface area contributed by atoms with Crippen molar-refractivity contribution < 1.29 is 4.74 Å². The third kappa shape index (κ3) is 3.75. The normalized spacial score (nSPS) is 11.8. The summed E-state index contributed by atoms with van der Waals surface area (Å²) in [5.74, 6) is 1.56. The smallest absolute Gasteiger partial charge is 0.127 e. The molecule has 2 N–H and O–H groups in total. The second-order valence-electron chi connectivity index (χ2n) is 3.25. The second-order valence-corrected chi connectivity index (χ2v) is 3.25. The molecule has 0 aliphatic heterocycles. The van der Waals surface area contributed by atoms with Crippen molar-refractivity contribution in [1.82, 2.24) is 0 Å². The van der Waals surface area contributed by atoms with Crippen molar-refractivity contribution in [1.29, 1.82) is 0 Å². The van der Waals surface area contributed by atoms with Gasteiger partial charge in [0, 0.05) is 6.54 Å². The van der Waals surface area contributed by atoms with E-state index < -0.39 is 0 Å². The molecule has 0 radical (unpaired) electrons. The molecule has 0 saturated carbocycles. The standard InChI is InChI=1S/C14H17NO/c1-3-5-13(6-4-2)16-14-9-7-12(11-15)8-10-14/h3-10H,1,11,15H2,2H3/b6-4-,13-5+. The van der Waals surface area contributed by atoms with Crippen molar-refractivity contribution >= 4 is 0 Å². The van der Waals surface area contributed by atoms with E-state index in [-0.39, 0.29) is 0 Å². The van der Waals surface area contributed by atoms with Gasteiger partial charge in [-0.25, -0.2) is 0 Å². The van der Waals surface area contributed by atoms with E-state index in [1.54, 1.807) is 6.08 Å². The summed E-state index contributed by atoms with van der Waals surface area (Å²) in [5.41, 5.74) is 6.61. The van der Waals surface area contributed by atoms with E-state index >= 15 is 0 Å². The third-order valence-electron chi connectivity index (χ3n) is 2.01. The van der Waals surface area contributed by atoms with Gasteiger partial charge < -0.3 is 10.5 Å². The molecular formula is C14H17NO. The summed E-state index contributed by atoms with van der Waals surface area (Å²) in [6.45, 7) is 6.13. The first-order valence-electron chi connectivity index (χ1n) is 5.22. The first-order chi connectivity index (χ1) is 7.80. The highest BCUT2D eigenvalue weighted by atomic mass is 16.5. The van der Waals surface area contributed by atoms with Crippen molar-refractivity contribution in [2.24, 2.45) is 5.73 Å². The Morgan fingerprint density at radius 3 is 2.56 bits per heavy atom. The lowest BCUT2D eigenvalue weighted by Gasteiger charge is -2.06. The quantitative estimate of drug-likeness (QED) is 0.605. The van der Waals surface area contributed by atoms with Gasteiger partial charge in [0.1, 0.15) is 11.5 Å². The molecule has 0 unspecified atom stereocenters. The Morgan fingerprint density at radius 2 is 2.06 bits per heavy atom. The Bertz CT molecular complexity index is 388. The van der Waals surface area contributed by atoms with Crippen LogP contribution in [0.15, 0.2) is 60.9 Å². The molecule has 0 spiro atoms. The van der Waals surface area contributed by atoms with E-state index in [4.69, 9.17) is 10.5 Å². The SMILES string of the molecule is C=C/C=C(\C=C/C)Oc1ccc(CN)cc1. The van der Waals surface area contributed by atoms with Crippen LogP contribution in [0.3, 0.4) is 0 Å². The van der Waals surface area contributed by atoms with Crippen LogP contribution in [0, 0.1) is 0 Å². The third-order valence-corrected chi connectivity index (χ3v) is 2.01. The molecule has 0 aliphatic carbocycles. The van der Waals surface area contributed by atoms with Crippen LogP contribution in [0.5, 0.6) is 5.75 Å². The highest BCUT2D eigenvalue weighted by molar-refractivity contribution is 5.31. The Kier molecular flexibility index (Phi) is 5.09. The van der Waals surface area contributed by atoms with Gasteiger partial charge in [0.25, 0.3) is 0 Å². The van der Waals surface area contributed by atoms with E-state index in [1.165, 1.54) is 0 Å². The molecule has 0 amide bonds. The number of hydrogen-bond donors (Lipinski definition) is 1. The lowest BCUT2D eigenvalue weighted by Crippen LogP contribution is -1.96. The Morgan fingerprint density at radius 1 is 1.38 bits per heavy atom. The zero-order valence-electron chi connectivity index (χ0n) is 9.52. The predicted octanol–water partition coefficient (Wildman–Crippen LogP) is 3.17. The first kappa shape index (κ1) is 12.3. The van der Waals surface area contributed by atoms with Gasteiger partial charge >= 0.3 is 0 Å². The highest BCUT2D eigenvalue weighted by Gasteiger charge is 1.96. The lowest BCUT2D eigenvalue weighted by atomic mass is 10.2. The van der Waals surface area contributed by atoms with E-state index in [2.05, 4.69) is 6.58 Å². The van der Waals surface area contributed by atoms with Crippen LogP contribution in [-0.4, -0.2) is 0 Å². The van der Waals surface area contributed by atoms with Crippen LogP contribution in [0.2, 0.25) is 0 Å². The van der Waals surface area contributed by atoms with Crippen LogP contribution >= 0.6 is 0 Å². The average Bonchev–Trinajstić information content (AvgIpc) is 2.31. The molecule has 2 nitrogen and oxygen atoms in total. The highest BCUT2D eigenvalue weighted by Crippen LogP contribution is 2.15. The predicted molar refractivity (Wildman–Crippen MR) is 68.1 cm³/mol. The van der Waals surface area contributed by atoms with E-state index in [0.717, 1.165) is 17.1 Å². The van der Waals surface area contributed by atoms with Crippen molar-refractivity contribution in [2.45, 2.75) is 13.5 Å². The van der Waals surface area contributed by atoms with Gasteiger partial charge in [-0.1, -0.05) is 30.9 Å².